The van der Waals surface area contributed by atoms with Gasteiger partial charge in [-0.25, -0.2) is 0 Å². The molecule has 20 heavy (non-hydrogen) atoms. The maximum absolute atomic E-state index is 8.93. The third-order valence-corrected chi connectivity index (χ3v) is 2.70. The monoisotopic (exact) mass is 276 g/mol. The van der Waals surface area contributed by atoms with E-state index in [1.807, 2.05) is 25.1 Å². The lowest BCUT2D eigenvalue weighted by Crippen LogP contribution is -2.20. The molecule has 0 aliphatic heterocycles. The summed E-state index contributed by atoms with van der Waals surface area (Å²) in [4.78, 5) is 0. The summed E-state index contributed by atoms with van der Waals surface area (Å²) in [5.74, 6) is 1.95. The van der Waals surface area contributed by atoms with Crippen LogP contribution in [0, 0.1) is 17.2 Å². The zero-order valence-corrected chi connectivity index (χ0v) is 12.8. The first-order valence-electron chi connectivity index (χ1n) is 7.10. The van der Waals surface area contributed by atoms with Crippen molar-refractivity contribution in [1.82, 2.24) is 5.32 Å². The van der Waals surface area contributed by atoms with Crippen LogP contribution in [-0.2, 0) is 6.54 Å². The van der Waals surface area contributed by atoms with Crippen LogP contribution in [0.15, 0.2) is 18.2 Å². The number of ether oxygens (including phenoxy) is 2. The molecule has 4 nitrogen and oxygen atoms in total. The van der Waals surface area contributed by atoms with Crippen LogP contribution in [0.4, 0.5) is 0 Å². The van der Waals surface area contributed by atoms with Crippen LogP contribution < -0.4 is 14.8 Å². The van der Waals surface area contributed by atoms with Crippen molar-refractivity contribution in [2.24, 2.45) is 5.92 Å². The highest BCUT2D eigenvalue weighted by Gasteiger charge is 2.14. The molecule has 110 valence electrons. The third-order valence-electron chi connectivity index (χ3n) is 2.70. The van der Waals surface area contributed by atoms with E-state index in [9.17, 15) is 0 Å². The summed E-state index contributed by atoms with van der Waals surface area (Å²) < 4.78 is 11.3. The predicted molar refractivity (Wildman–Crippen MR) is 79.9 cm³/mol. The van der Waals surface area contributed by atoms with Gasteiger partial charge in [-0.1, -0.05) is 26.0 Å². The number of nitrogens with one attached hydrogen (secondary N) is 1. The number of para-hydroxylation sites is 1. The Morgan fingerprint density at radius 2 is 2.05 bits per heavy atom. The quantitative estimate of drug-likeness (QED) is 0.792. The minimum absolute atomic E-state index is 0.500. The standard InChI is InChI=1S/C16H24N2O2/c1-5-19-15-8-6-7-14(11-18-10-12(2)3)16(15)20-13(4)9-17/h6-8,12-13,18H,5,10-11H2,1-4H3. The summed E-state index contributed by atoms with van der Waals surface area (Å²) in [6, 6.07) is 7.90. The molecule has 4 heteroatoms. The summed E-state index contributed by atoms with van der Waals surface area (Å²) in [5.41, 5.74) is 1.01. The summed E-state index contributed by atoms with van der Waals surface area (Å²) in [6.07, 6.45) is -0.500. The van der Waals surface area contributed by atoms with Crippen LogP contribution in [0.1, 0.15) is 33.3 Å². The van der Waals surface area contributed by atoms with E-state index in [1.165, 1.54) is 0 Å². The fourth-order valence-corrected chi connectivity index (χ4v) is 1.80. The van der Waals surface area contributed by atoms with Crippen molar-refractivity contribution in [1.29, 1.82) is 5.26 Å². The lowest BCUT2D eigenvalue weighted by molar-refractivity contribution is 0.247. The molecule has 0 amide bonds. The molecule has 0 saturated heterocycles. The van der Waals surface area contributed by atoms with Gasteiger partial charge in [-0.2, -0.15) is 5.26 Å². The highest BCUT2D eigenvalue weighted by Crippen LogP contribution is 2.32. The summed E-state index contributed by atoms with van der Waals surface area (Å²) >= 11 is 0. The number of nitrogens with zero attached hydrogens (tertiary/aromatic N) is 1. The minimum atomic E-state index is -0.500. The highest BCUT2D eigenvalue weighted by atomic mass is 16.5. The van der Waals surface area contributed by atoms with Crippen molar-refractivity contribution in [2.75, 3.05) is 13.2 Å². The first-order valence-corrected chi connectivity index (χ1v) is 7.10. The summed E-state index contributed by atoms with van der Waals surface area (Å²) in [5, 5.41) is 12.3. The van der Waals surface area contributed by atoms with Gasteiger partial charge in [-0.05, 0) is 32.4 Å². The largest absolute Gasteiger partial charge is 0.490 e. The van der Waals surface area contributed by atoms with Gasteiger partial charge in [0.1, 0.15) is 6.07 Å². The Balaban J connectivity index is 2.90. The molecule has 1 aromatic rings. The van der Waals surface area contributed by atoms with Crippen LogP contribution in [0.5, 0.6) is 11.5 Å². The third kappa shape index (κ3) is 5.10. The molecule has 0 saturated carbocycles. The van der Waals surface area contributed by atoms with Gasteiger partial charge >= 0.3 is 0 Å². The van der Waals surface area contributed by atoms with Gasteiger partial charge in [0.05, 0.1) is 6.61 Å². The molecule has 0 aliphatic carbocycles. The molecule has 1 rings (SSSR count). The van der Waals surface area contributed by atoms with Gasteiger partial charge < -0.3 is 14.8 Å². The van der Waals surface area contributed by atoms with E-state index in [0.29, 0.717) is 30.6 Å². The van der Waals surface area contributed by atoms with Gasteiger partial charge in [0.25, 0.3) is 0 Å². The van der Waals surface area contributed by atoms with E-state index in [4.69, 9.17) is 14.7 Å². The molecule has 0 heterocycles. The average molecular weight is 276 g/mol. The van der Waals surface area contributed by atoms with Crippen LogP contribution in [0.2, 0.25) is 0 Å². The average Bonchev–Trinajstić information content (AvgIpc) is 2.41. The second-order valence-electron chi connectivity index (χ2n) is 5.09. The fourth-order valence-electron chi connectivity index (χ4n) is 1.80. The molecule has 0 spiro atoms. The zero-order valence-electron chi connectivity index (χ0n) is 12.8. The SMILES string of the molecule is CCOc1cccc(CNCC(C)C)c1OC(C)C#N. The van der Waals surface area contributed by atoms with E-state index >= 15 is 0 Å². The Labute approximate surface area is 121 Å². The van der Waals surface area contributed by atoms with E-state index in [-0.39, 0.29) is 0 Å². The van der Waals surface area contributed by atoms with E-state index in [2.05, 4.69) is 25.2 Å². The lowest BCUT2D eigenvalue weighted by Gasteiger charge is -2.17. The molecule has 0 bridgehead atoms. The van der Waals surface area contributed by atoms with Crippen LogP contribution in [0.3, 0.4) is 0 Å². The highest BCUT2D eigenvalue weighted by molar-refractivity contribution is 5.47. The molecule has 1 N–H and O–H groups in total. The second-order valence-corrected chi connectivity index (χ2v) is 5.09. The molecule has 1 unspecified atom stereocenters. The molecule has 1 aromatic carbocycles. The molecule has 0 fully saturated rings. The van der Waals surface area contributed by atoms with Gasteiger partial charge in [0, 0.05) is 12.1 Å². The van der Waals surface area contributed by atoms with Crippen molar-refractivity contribution >= 4 is 0 Å². The molecule has 0 aliphatic rings. The smallest absolute Gasteiger partial charge is 0.181 e. The minimum Gasteiger partial charge on any atom is -0.490 e. The van der Waals surface area contributed by atoms with Crippen LogP contribution in [-0.4, -0.2) is 19.3 Å². The Hall–Kier alpha value is -1.73. The Bertz CT molecular complexity index is 452. The van der Waals surface area contributed by atoms with Crippen molar-refractivity contribution in [3.8, 4) is 17.6 Å². The van der Waals surface area contributed by atoms with Gasteiger partial charge in [0.2, 0.25) is 0 Å². The maximum Gasteiger partial charge on any atom is 0.181 e. The van der Waals surface area contributed by atoms with Gasteiger partial charge in [-0.15, -0.1) is 0 Å². The molecule has 0 radical (unpaired) electrons. The zero-order chi connectivity index (χ0) is 15.0. The Morgan fingerprint density at radius 3 is 2.65 bits per heavy atom. The molecular weight excluding hydrogens is 252 g/mol. The molecular formula is C16H24N2O2. The van der Waals surface area contributed by atoms with Crippen molar-refractivity contribution in [3.63, 3.8) is 0 Å². The van der Waals surface area contributed by atoms with Crippen molar-refractivity contribution < 1.29 is 9.47 Å². The second kappa shape index (κ2) is 8.44. The van der Waals surface area contributed by atoms with E-state index in [0.717, 1.165) is 12.1 Å². The summed E-state index contributed by atoms with van der Waals surface area (Å²) in [7, 11) is 0. The normalized spacial score (nSPS) is 12.0. The van der Waals surface area contributed by atoms with Gasteiger partial charge in [-0.3, -0.25) is 0 Å². The number of rotatable bonds is 8. The maximum atomic E-state index is 8.93. The predicted octanol–water partition coefficient (Wildman–Crippen LogP) is 3.12. The van der Waals surface area contributed by atoms with E-state index in [1.54, 1.807) is 6.92 Å². The molecule has 0 aromatic heterocycles. The number of benzene rings is 1. The number of hydrogen-bond acceptors (Lipinski definition) is 4. The Kier molecular flexibility index (Phi) is 6.89. The number of hydrogen-bond donors (Lipinski definition) is 1. The number of nitriles is 1. The topological polar surface area (TPSA) is 54.3 Å². The van der Waals surface area contributed by atoms with Crippen LogP contribution >= 0.6 is 0 Å². The van der Waals surface area contributed by atoms with Crippen molar-refractivity contribution in [2.45, 2.75) is 40.3 Å². The lowest BCUT2D eigenvalue weighted by atomic mass is 10.1. The van der Waals surface area contributed by atoms with Crippen molar-refractivity contribution in [3.05, 3.63) is 23.8 Å². The first-order chi connectivity index (χ1) is 9.58. The fraction of sp³-hybridized carbons (Fsp3) is 0.562. The van der Waals surface area contributed by atoms with Gasteiger partial charge in [0.15, 0.2) is 17.6 Å². The Morgan fingerprint density at radius 1 is 1.30 bits per heavy atom. The first kappa shape index (κ1) is 16.3. The van der Waals surface area contributed by atoms with E-state index < -0.39 is 6.10 Å². The molecule has 1 atom stereocenters. The van der Waals surface area contributed by atoms with Crippen LogP contribution in [0.25, 0.3) is 0 Å². The summed E-state index contributed by atoms with van der Waals surface area (Å²) in [6.45, 7) is 10.2.